The van der Waals surface area contributed by atoms with Crippen LogP contribution >= 0.6 is 0 Å². The van der Waals surface area contributed by atoms with Gasteiger partial charge in [0.25, 0.3) is 0 Å². The monoisotopic (exact) mass is 405 g/mol. The van der Waals surface area contributed by atoms with Gasteiger partial charge in [0.2, 0.25) is 5.75 Å². The van der Waals surface area contributed by atoms with Gasteiger partial charge < -0.3 is 13.7 Å². The lowest BCUT2D eigenvalue weighted by molar-refractivity contribution is -0.142. The molecule has 0 unspecified atom stereocenters. The van der Waals surface area contributed by atoms with E-state index in [1.165, 1.54) is 6.92 Å². The van der Waals surface area contributed by atoms with E-state index >= 15 is 0 Å². The maximum Gasteiger partial charge on any atom is 0.534 e. The minimum atomic E-state index is -5.90. The molecule has 1 heterocycles. The first-order valence-corrected chi connectivity index (χ1v) is 8.79. The van der Waals surface area contributed by atoms with Crippen LogP contribution in [0, 0.1) is 0 Å². The van der Waals surface area contributed by atoms with Gasteiger partial charge in [0.1, 0.15) is 13.2 Å². The number of carbonyl (C=O) groups is 1. The van der Waals surface area contributed by atoms with E-state index in [0.29, 0.717) is 5.56 Å². The van der Waals surface area contributed by atoms with Crippen molar-refractivity contribution in [1.82, 2.24) is 4.98 Å². The zero-order valence-corrected chi connectivity index (χ0v) is 14.7. The van der Waals surface area contributed by atoms with Crippen molar-refractivity contribution in [2.75, 3.05) is 0 Å². The lowest BCUT2D eigenvalue weighted by Gasteiger charge is -2.14. The second-order valence-corrected chi connectivity index (χ2v) is 6.70. The molecule has 0 amide bonds. The number of benzene rings is 1. The summed E-state index contributed by atoms with van der Waals surface area (Å²) in [6.45, 7) is 0.823. The molecular weight excluding hydrogens is 391 g/mol. The van der Waals surface area contributed by atoms with E-state index in [0.717, 1.165) is 12.3 Å². The Morgan fingerprint density at radius 2 is 1.78 bits per heavy atom. The number of halogens is 3. The number of ether oxygens (including phenoxy) is 2. The number of hydrogen-bond donors (Lipinski definition) is 0. The first kappa shape index (κ1) is 20.5. The number of alkyl halides is 3. The molecule has 0 radical (unpaired) electrons. The smallest absolute Gasteiger partial charge is 0.485 e. The summed E-state index contributed by atoms with van der Waals surface area (Å²) in [4.78, 5) is 14.6. The van der Waals surface area contributed by atoms with Crippen LogP contribution in [0.4, 0.5) is 13.2 Å². The summed E-state index contributed by atoms with van der Waals surface area (Å²) < 4.78 is 74.4. The number of aromatic nitrogens is 1. The third-order valence-corrected chi connectivity index (χ3v) is 4.00. The van der Waals surface area contributed by atoms with Crippen molar-refractivity contribution in [3.05, 3.63) is 53.9 Å². The number of carbonyl (C=O) groups excluding carboxylic acids is 1. The molecule has 0 aliphatic heterocycles. The van der Waals surface area contributed by atoms with Crippen LogP contribution in [0.1, 0.15) is 18.2 Å². The molecule has 0 spiro atoms. The lowest BCUT2D eigenvalue weighted by atomic mass is 10.2. The molecule has 27 heavy (non-hydrogen) atoms. The molecule has 0 atom stereocenters. The summed E-state index contributed by atoms with van der Waals surface area (Å²) in [5, 5.41) is 0. The Labute approximate surface area is 152 Å². The zero-order chi connectivity index (χ0) is 20.1. The van der Waals surface area contributed by atoms with E-state index in [1.54, 1.807) is 30.3 Å². The minimum absolute atomic E-state index is 0.0692. The van der Waals surface area contributed by atoms with Crippen molar-refractivity contribution in [2.24, 2.45) is 0 Å². The van der Waals surface area contributed by atoms with Crippen LogP contribution in [0.15, 0.2) is 42.6 Å². The Balaban J connectivity index is 2.29. The fraction of sp³-hybridized carbons (Fsp3) is 0.250. The molecule has 1 aromatic carbocycles. The first-order valence-electron chi connectivity index (χ1n) is 7.38. The van der Waals surface area contributed by atoms with Crippen LogP contribution in [0.3, 0.4) is 0 Å². The zero-order valence-electron chi connectivity index (χ0n) is 13.9. The van der Waals surface area contributed by atoms with Crippen molar-refractivity contribution in [3.63, 3.8) is 0 Å². The number of pyridine rings is 1. The maximum absolute atomic E-state index is 12.6. The average molecular weight is 405 g/mol. The molecule has 11 heteroatoms. The fourth-order valence-corrected chi connectivity index (χ4v) is 2.25. The highest BCUT2D eigenvalue weighted by Crippen LogP contribution is 2.33. The summed E-state index contributed by atoms with van der Waals surface area (Å²) in [6, 6.07) is 9.75. The highest BCUT2D eigenvalue weighted by molar-refractivity contribution is 7.88. The lowest BCUT2D eigenvalue weighted by Crippen LogP contribution is -2.28. The number of nitrogens with zero attached hydrogens (tertiary/aromatic N) is 1. The molecule has 146 valence electrons. The highest BCUT2D eigenvalue weighted by Gasteiger charge is 2.49. The van der Waals surface area contributed by atoms with Crippen LogP contribution in [0.25, 0.3) is 0 Å². The van der Waals surface area contributed by atoms with Gasteiger partial charge >= 0.3 is 21.6 Å². The molecule has 7 nitrogen and oxygen atoms in total. The molecule has 0 bridgehead atoms. The standard InChI is InChI=1S/C16H14F3NO6S/c1-11(21)24-10-13-7-14(25-9-12-5-3-2-4-6-12)15(8-20-13)26-27(22,23)16(17,18)19/h2-8H,9-10H2,1H3. The van der Waals surface area contributed by atoms with E-state index in [2.05, 4.69) is 9.17 Å². The van der Waals surface area contributed by atoms with Crippen molar-refractivity contribution < 1.29 is 40.0 Å². The van der Waals surface area contributed by atoms with E-state index < -0.39 is 27.3 Å². The molecule has 0 fully saturated rings. The van der Waals surface area contributed by atoms with Gasteiger partial charge in [-0.2, -0.15) is 21.6 Å². The van der Waals surface area contributed by atoms with Gasteiger partial charge in [-0.1, -0.05) is 30.3 Å². The van der Waals surface area contributed by atoms with Crippen molar-refractivity contribution in [2.45, 2.75) is 25.6 Å². The molecule has 0 aliphatic carbocycles. The average Bonchev–Trinajstić information content (AvgIpc) is 2.59. The van der Waals surface area contributed by atoms with E-state index in [4.69, 9.17) is 9.47 Å². The predicted octanol–water partition coefficient (Wildman–Crippen LogP) is 2.95. The quantitative estimate of drug-likeness (QED) is 0.397. The first-order chi connectivity index (χ1) is 12.6. The summed E-state index contributed by atoms with van der Waals surface area (Å²) in [6.07, 6.45) is 0.752. The van der Waals surface area contributed by atoms with Crippen LogP contribution < -0.4 is 8.92 Å². The molecule has 1 aromatic heterocycles. The van der Waals surface area contributed by atoms with Gasteiger partial charge in [-0.15, -0.1) is 0 Å². The minimum Gasteiger partial charge on any atom is -0.485 e. The maximum atomic E-state index is 12.6. The third-order valence-electron chi connectivity index (χ3n) is 3.03. The second kappa shape index (κ2) is 8.25. The van der Waals surface area contributed by atoms with Gasteiger partial charge in [-0.05, 0) is 5.56 Å². The van der Waals surface area contributed by atoms with Gasteiger partial charge in [-0.3, -0.25) is 9.78 Å². The van der Waals surface area contributed by atoms with Crippen LogP contribution in [0.5, 0.6) is 11.5 Å². The van der Waals surface area contributed by atoms with E-state index in [-0.39, 0.29) is 24.7 Å². The van der Waals surface area contributed by atoms with Gasteiger partial charge in [0, 0.05) is 13.0 Å². The van der Waals surface area contributed by atoms with Gasteiger partial charge in [0.15, 0.2) is 5.75 Å². The van der Waals surface area contributed by atoms with Crippen LogP contribution in [-0.2, 0) is 32.9 Å². The Morgan fingerprint density at radius 1 is 1.11 bits per heavy atom. The number of esters is 1. The Kier molecular flexibility index (Phi) is 6.26. The normalized spacial score (nSPS) is 11.7. The molecule has 0 saturated carbocycles. The van der Waals surface area contributed by atoms with Crippen LogP contribution in [0.2, 0.25) is 0 Å². The Bertz CT molecular complexity index is 900. The van der Waals surface area contributed by atoms with Gasteiger partial charge in [-0.25, -0.2) is 0 Å². The molecule has 2 aromatic rings. The van der Waals surface area contributed by atoms with Crippen LogP contribution in [-0.4, -0.2) is 24.9 Å². The molecular formula is C16H14F3NO6S. The Hall–Kier alpha value is -2.82. The van der Waals surface area contributed by atoms with E-state index in [1.807, 2.05) is 0 Å². The summed E-state index contributed by atoms with van der Waals surface area (Å²) >= 11 is 0. The summed E-state index contributed by atoms with van der Waals surface area (Å²) in [7, 11) is -5.90. The Morgan fingerprint density at radius 3 is 2.37 bits per heavy atom. The molecule has 0 N–H and O–H groups in total. The molecule has 2 rings (SSSR count). The number of hydrogen-bond acceptors (Lipinski definition) is 7. The second-order valence-electron chi connectivity index (χ2n) is 5.16. The SMILES string of the molecule is CC(=O)OCc1cc(OCc2ccccc2)c(OS(=O)(=O)C(F)(F)F)cn1. The number of rotatable bonds is 7. The van der Waals surface area contributed by atoms with Crippen molar-refractivity contribution in [3.8, 4) is 11.5 Å². The summed E-state index contributed by atoms with van der Waals surface area (Å²) in [5.41, 5.74) is -4.80. The molecule has 0 saturated heterocycles. The van der Waals surface area contributed by atoms with E-state index in [9.17, 15) is 26.4 Å². The molecule has 0 aliphatic rings. The van der Waals surface area contributed by atoms with Gasteiger partial charge in [0.05, 0.1) is 11.9 Å². The fourth-order valence-electron chi connectivity index (χ4n) is 1.80. The topological polar surface area (TPSA) is 91.8 Å². The van der Waals surface area contributed by atoms with Crippen molar-refractivity contribution in [1.29, 1.82) is 0 Å². The van der Waals surface area contributed by atoms with Crippen molar-refractivity contribution >= 4 is 16.1 Å². The summed E-state index contributed by atoms with van der Waals surface area (Å²) in [5.74, 6) is -1.64. The predicted molar refractivity (Wildman–Crippen MR) is 86.1 cm³/mol. The highest BCUT2D eigenvalue weighted by atomic mass is 32.2. The third kappa shape index (κ3) is 5.84. The largest absolute Gasteiger partial charge is 0.534 e.